The summed E-state index contributed by atoms with van der Waals surface area (Å²) in [5.74, 6) is 0.147. The van der Waals surface area contributed by atoms with Gasteiger partial charge in [0.2, 0.25) is 20.0 Å². The summed E-state index contributed by atoms with van der Waals surface area (Å²) in [5, 5.41) is 1.88. The molecular formula is C17H22N2O4S2. The van der Waals surface area contributed by atoms with Gasteiger partial charge >= 0.3 is 0 Å². The van der Waals surface area contributed by atoms with Crippen molar-refractivity contribution in [2.45, 2.75) is 17.7 Å². The van der Waals surface area contributed by atoms with E-state index in [-0.39, 0.29) is 10.8 Å². The number of nitrogens with zero attached hydrogens (tertiary/aromatic N) is 1. The minimum absolute atomic E-state index is 0.147. The van der Waals surface area contributed by atoms with Crippen molar-refractivity contribution in [2.24, 2.45) is 5.92 Å². The third-order valence-electron chi connectivity index (χ3n) is 4.64. The summed E-state index contributed by atoms with van der Waals surface area (Å²) in [4.78, 5) is 0.250. The van der Waals surface area contributed by atoms with Crippen LogP contribution in [0, 0.1) is 5.92 Å². The van der Waals surface area contributed by atoms with Crippen molar-refractivity contribution in [3.05, 3.63) is 42.5 Å². The van der Waals surface area contributed by atoms with E-state index in [2.05, 4.69) is 4.72 Å². The zero-order valence-corrected chi connectivity index (χ0v) is 15.7. The van der Waals surface area contributed by atoms with Crippen molar-refractivity contribution in [1.82, 2.24) is 9.03 Å². The fraction of sp³-hybridized carbons (Fsp3) is 0.412. The number of sulfonamides is 2. The fourth-order valence-electron chi connectivity index (χ4n) is 3.09. The highest BCUT2D eigenvalue weighted by Gasteiger charge is 2.26. The second-order valence-electron chi connectivity index (χ2n) is 6.47. The maximum Gasteiger partial charge on any atom is 0.240 e. The topological polar surface area (TPSA) is 83.6 Å². The lowest BCUT2D eigenvalue weighted by molar-refractivity contribution is 0.275. The molecule has 1 aliphatic rings. The van der Waals surface area contributed by atoms with E-state index < -0.39 is 20.0 Å². The van der Waals surface area contributed by atoms with Gasteiger partial charge in [0.15, 0.2) is 0 Å². The molecule has 0 atom stereocenters. The van der Waals surface area contributed by atoms with Crippen LogP contribution in [0.25, 0.3) is 10.8 Å². The van der Waals surface area contributed by atoms with Gasteiger partial charge in [-0.3, -0.25) is 0 Å². The molecule has 1 N–H and O–H groups in total. The predicted octanol–water partition coefficient (Wildman–Crippen LogP) is 1.79. The van der Waals surface area contributed by atoms with Gasteiger partial charge in [-0.05, 0) is 41.7 Å². The van der Waals surface area contributed by atoms with Gasteiger partial charge in [-0.1, -0.05) is 30.3 Å². The molecule has 8 heteroatoms. The van der Waals surface area contributed by atoms with Crippen molar-refractivity contribution in [3.8, 4) is 0 Å². The van der Waals surface area contributed by atoms with E-state index in [1.807, 2.05) is 24.3 Å². The Balaban J connectivity index is 1.64. The number of nitrogens with one attached hydrogen (secondary N) is 1. The smallest absolute Gasteiger partial charge is 0.213 e. The van der Waals surface area contributed by atoms with E-state index in [4.69, 9.17) is 0 Å². The molecular weight excluding hydrogens is 360 g/mol. The van der Waals surface area contributed by atoms with Crippen LogP contribution in [0.4, 0.5) is 0 Å². The summed E-state index contributed by atoms with van der Waals surface area (Å²) in [6, 6.07) is 12.7. The van der Waals surface area contributed by atoms with Gasteiger partial charge in [0.05, 0.1) is 11.2 Å². The zero-order chi connectivity index (χ0) is 18.1. The molecule has 0 amide bonds. The first-order valence-electron chi connectivity index (χ1n) is 8.19. The lowest BCUT2D eigenvalue weighted by Crippen LogP contribution is -2.41. The van der Waals surface area contributed by atoms with E-state index in [0.29, 0.717) is 32.5 Å². The minimum Gasteiger partial charge on any atom is -0.213 e. The molecule has 3 rings (SSSR count). The molecule has 25 heavy (non-hydrogen) atoms. The molecule has 1 fully saturated rings. The summed E-state index contributed by atoms with van der Waals surface area (Å²) in [6.45, 7) is 1.22. The summed E-state index contributed by atoms with van der Waals surface area (Å²) < 4.78 is 52.2. The van der Waals surface area contributed by atoms with Gasteiger partial charge in [-0.2, -0.15) is 0 Å². The lowest BCUT2D eigenvalue weighted by Gasteiger charge is -2.30. The normalized spacial score (nSPS) is 17.8. The van der Waals surface area contributed by atoms with E-state index in [0.717, 1.165) is 10.8 Å². The van der Waals surface area contributed by atoms with E-state index >= 15 is 0 Å². The van der Waals surface area contributed by atoms with Crippen molar-refractivity contribution in [3.63, 3.8) is 0 Å². The Morgan fingerprint density at radius 1 is 1.00 bits per heavy atom. The van der Waals surface area contributed by atoms with Crippen LogP contribution >= 0.6 is 0 Å². The highest BCUT2D eigenvalue weighted by atomic mass is 32.2. The van der Waals surface area contributed by atoms with Crippen molar-refractivity contribution >= 4 is 30.8 Å². The number of piperidine rings is 1. The minimum atomic E-state index is -3.57. The van der Waals surface area contributed by atoms with Crippen LogP contribution in [-0.2, 0) is 20.0 Å². The predicted molar refractivity (Wildman–Crippen MR) is 98.3 cm³/mol. The molecule has 1 heterocycles. The highest BCUT2D eigenvalue weighted by molar-refractivity contribution is 7.89. The Labute approximate surface area is 148 Å². The molecule has 2 aromatic carbocycles. The Morgan fingerprint density at radius 3 is 2.28 bits per heavy atom. The van der Waals surface area contributed by atoms with Crippen LogP contribution in [0.1, 0.15) is 12.8 Å². The molecule has 0 aromatic heterocycles. The summed E-state index contributed by atoms with van der Waals surface area (Å²) >= 11 is 0. The van der Waals surface area contributed by atoms with Gasteiger partial charge in [0.1, 0.15) is 0 Å². The molecule has 0 aliphatic carbocycles. The average molecular weight is 383 g/mol. The van der Waals surface area contributed by atoms with Crippen LogP contribution < -0.4 is 4.72 Å². The molecule has 2 aromatic rings. The van der Waals surface area contributed by atoms with Gasteiger partial charge in [0.25, 0.3) is 0 Å². The summed E-state index contributed by atoms with van der Waals surface area (Å²) in [7, 11) is -6.74. The molecule has 0 saturated carbocycles. The monoisotopic (exact) mass is 382 g/mol. The van der Waals surface area contributed by atoms with Crippen molar-refractivity contribution < 1.29 is 16.8 Å². The average Bonchev–Trinajstić information content (AvgIpc) is 2.59. The largest absolute Gasteiger partial charge is 0.240 e. The fourth-order valence-corrected chi connectivity index (χ4v) is 5.12. The molecule has 6 nitrogen and oxygen atoms in total. The molecule has 0 unspecified atom stereocenters. The molecule has 1 saturated heterocycles. The standard InChI is InChI=1S/C17H22N2O4S2/c1-24(20,21)19-10-8-14(9-11-19)13-18-25(22,23)17-7-6-15-4-2-3-5-16(15)12-17/h2-7,12,14,18H,8-11,13H2,1H3. The van der Waals surface area contributed by atoms with Crippen LogP contribution in [0.5, 0.6) is 0 Å². The van der Waals surface area contributed by atoms with Crippen molar-refractivity contribution in [1.29, 1.82) is 0 Å². The van der Waals surface area contributed by atoms with Crippen LogP contribution in [0.2, 0.25) is 0 Å². The molecule has 0 radical (unpaired) electrons. The number of benzene rings is 2. The second-order valence-corrected chi connectivity index (χ2v) is 10.2. The van der Waals surface area contributed by atoms with Gasteiger partial charge < -0.3 is 0 Å². The summed E-state index contributed by atoms with van der Waals surface area (Å²) in [6.07, 6.45) is 2.52. The molecule has 1 aliphatic heterocycles. The number of rotatable bonds is 5. The third-order valence-corrected chi connectivity index (χ3v) is 7.36. The van der Waals surface area contributed by atoms with Crippen LogP contribution in [-0.4, -0.2) is 47.0 Å². The second kappa shape index (κ2) is 7.03. The van der Waals surface area contributed by atoms with E-state index in [9.17, 15) is 16.8 Å². The Kier molecular flexibility index (Phi) is 5.15. The number of hydrogen-bond acceptors (Lipinski definition) is 4. The molecule has 0 bridgehead atoms. The Hall–Kier alpha value is -1.48. The van der Waals surface area contributed by atoms with Gasteiger partial charge in [-0.25, -0.2) is 25.9 Å². The van der Waals surface area contributed by atoms with Crippen molar-refractivity contribution in [2.75, 3.05) is 25.9 Å². The zero-order valence-electron chi connectivity index (χ0n) is 14.1. The Morgan fingerprint density at radius 2 is 1.64 bits per heavy atom. The van der Waals surface area contributed by atoms with Crippen LogP contribution in [0.15, 0.2) is 47.4 Å². The third kappa shape index (κ3) is 4.38. The number of hydrogen-bond donors (Lipinski definition) is 1. The van der Waals surface area contributed by atoms with Gasteiger partial charge in [-0.15, -0.1) is 0 Å². The van der Waals surface area contributed by atoms with Gasteiger partial charge in [0, 0.05) is 19.6 Å². The van der Waals surface area contributed by atoms with Crippen LogP contribution in [0.3, 0.4) is 0 Å². The lowest BCUT2D eigenvalue weighted by atomic mass is 9.99. The SMILES string of the molecule is CS(=O)(=O)N1CCC(CNS(=O)(=O)c2ccc3ccccc3c2)CC1. The first-order valence-corrected chi connectivity index (χ1v) is 11.5. The van der Waals surface area contributed by atoms with E-state index in [1.165, 1.54) is 10.6 Å². The Bertz CT molecular complexity index is 963. The number of fused-ring (bicyclic) bond motifs is 1. The molecule has 136 valence electrons. The first kappa shape index (κ1) is 18.3. The summed E-state index contributed by atoms with van der Waals surface area (Å²) in [5.41, 5.74) is 0. The highest BCUT2D eigenvalue weighted by Crippen LogP contribution is 2.21. The van der Waals surface area contributed by atoms with E-state index in [1.54, 1.807) is 18.2 Å². The maximum atomic E-state index is 12.5. The maximum absolute atomic E-state index is 12.5. The molecule has 0 spiro atoms. The first-order chi connectivity index (χ1) is 11.8. The quantitative estimate of drug-likeness (QED) is 0.855.